The van der Waals surface area contributed by atoms with E-state index in [1.165, 1.54) is 11.3 Å². The Morgan fingerprint density at radius 3 is 2.77 bits per heavy atom. The lowest BCUT2D eigenvalue weighted by atomic mass is 10.3. The van der Waals surface area contributed by atoms with Gasteiger partial charge in [0.1, 0.15) is 10.8 Å². The van der Waals surface area contributed by atoms with E-state index in [1.807, 2.05) is 6.92 Å². The van der Waals surface area contributed by atoms with Gasteiger partial charge in [0.25, 0.3) is 0 Å². The summed E-state index contributed by atoms with van der Waals surface area (Å²) in [5.74, 6) is 0.0942. The Bertz CT molecular complexity index is 308. The second-order valence-electron chi connectivity index (χ2n) is 2.58. The van der Waals surface area contributed by atoms with E-state index in [4.69, 9.17) is 15.9 Å². The first-order valence-corrected chi connectivity index (χ1v) is 4.82. The van der Waals surface area contributed by atoms with Crippen LogP contribution in [-0.2, 0) is 17.8 Å². The normalized spacial score (nSPS) is 10.3. The molecule has 3 N–H and O–H groups in total. The number of methoxy groups -OCH3 is 1. The van der Waals surface area contributed by atoms with Crippen LogP contribution in [0.2, 0.25) is 0 Å². The molecule has 0 radical (unpaired) electrons. The lowest BCUT2D eigenvalue weighted by Crippen LogP contribution is -2.11. The summed E-state index contributed by atoms with van der Waals surface area (Å²) in [5.41, 5.74) is 6.31. The molecule has 1 heterocycles. The van der Waals surface area contributed by atoms with Crippen LogP contribution in [0.1, 0.15) is 22.5 Å². The first kappa shape index (κ1) is 10.1. The number of amidine groups is 1. The Balaban J connectivity index is 2.97. The molecule has 0 saturated carbocycles. The molecule has 0 aliphatic rings. The van der Waals surface area contributed by atoms with Crippen LogP contribution < -0.4 is 5.73 Å². The van der Waals surface area contributed by atoms with E-state index in [-0.39, 0.29) is 5.84 Å². The highest BCUT2D eigenvalue weighted by Gasteiger charge is 2.11. The maximum Gasteiger partial charge on any atom is 0.135 e. The van der Waals surface area contributed by atoms with E-state index in [0.29, 0.717) is 6.61 Å². The van der Waals surface area contributed by atoms with Gasteiger partial charge in [-0.3, -0.25) is 5.41 Å². The Kier molecular flexibility index (Phi) is 3.39. The van der Waals surface area contributed by atoms with Gasteiger partial charge >= 0.3 is 0 Å². The van der Waals surface area contributed by atoms with Gasteiger partial charge in [-0.25, -0.2) is 4.98 Å². The molecule has 1 aromatic rings. The summed E-state index contributed by atoms with van der Waals surface area (Å²) in [6.07, 6.45) is 0.801. The molecule has 0 fully saturated rings. The van der Waals surface area contributed by atoms with Crippen molar-refractivity contribution in [3.05, 3.63) is 15.6 Å². The maximum absolute atomic E-state index is 7.33. The van der Waals surface area contributed by atoms with Gasteiger partial charge in [-0.05, 0) is 6.42 Å². The van der Waals surface area contributed by atoms with Crippen LogP contribution in [0.5, 0.6) is 0 Å². The van der Waals surface area contributed by atoms with Gasteiger partial charge in [0.2, 0.25) is 0 Å². The molecular formula is C8H13N3OS. The van der Waals surface area contributed by atoms with Crippen LogP contribution in [-0.4, -0.2) is 17.9 Å². The third-order valence-electron chi connectivity index (χ3n) is 1.59. The van der Waals surface area contributed by atoms with E-state index in [2.05, 4.69) is 4.98 Å². The van der Waals surface area contributed by atoms with Crippen molar-refractivity contribution in [2.24, 2.45) is 5.73 Å². The molecule has 0 amide bonds. The van der Waals surface area contributed by atoms with Gasteiger partial charge in [-0.1, -0.05) is 6.92 Å². The zero-order valence-electron chi connectivity index (χ0n) is 7.76. The predicted molar refractivity (Wildman–Crippen MR) is 53.2 cm³/mol. The number of nitrogens with two attached hydrogens (primary N) is 1. The van der Waals surface area contributed by atoms with Crippen molar-refractivity contribution in [3.63, 3.8) is 0 Å². The third-order valence-corrected chi connectivity index (χ3v) is 2.69. The number of aromatic nitrogens is 1. The second-order valence-corrected chi connectivity index (χ2v) is 3.67. The van der Waals surface area contributed by atoms with Crippen LogP contribution in [0.15, 0.2) is 0 Å². The van der Waals surface area contributed by atoms with Gasteiger partial charge in [-0.2, -0.15) is 0 Å². The molecule has 13 heavy (non-hydrogen) atoms. The van der Waals surface area contributed by atoms with Gasteiger partial charge in [-0.15, -0.1) is 11.3 Å². The molecule has 0 aromatic carbocycles. The molecule has 0 aliphatic heterocycles. The van der Waals surface area contributed by atoms with Crippen LogP contribution in [0.4, 0.5) is 0 Å². The number of nitrogens with zero attached hydrogens (tertiary/aromatic N) is 1. The number of thiazole rings is 1. The van der Waals surface area contributed by atoms with Crippen LogP contribution >= 0.6 is 11.3 Å². The Morgan fingerprint density at radius 2 is 2.38 bits per heavy atom. The summed E-state index contributed by atoms with van der Waals surface area (Å²) < 4.78 is 4.96. The smallest absolute Gasteiger partial charge is 0.135 e. The lowest BCUT2D eigenvalue weighted by Gasteiger charge is -1.93. The number of nitrogen functional groups attached to an aromatic ring is 1. The molecule has 72 valence electrons. The van der Waals surface area contributed by atoms with Gasteiger partial charge < -0.3 is 10.5 Å². The van der Waals surface area contributed by atoms with E-state index in [1.54, 1.807) is 7.11 Å². The summed E-state index contributed by atoms with van der Waals surface area (Å²) in [6.45, 7) is 2.49. The predicted octanol–water partition coefficient (Wildman–Crippen LogP) is 1.14. The molecule has 0 unspecified atom stereocenters. The average Bonchev–Trinajstić information content (AvgIpc) is 2.48. The van der Waals surface area contributed by atoms with Crippen molar-refractivity contribution < 1.29 is 4.74 Å². The van der Waals surface area contributed by atoms with Gasteiger partial charge in [0, 0.05) is 7.11 Å². The second kappa shape index (κ2) is 4.34. The Morgan fingerprint density at radius 1 is 1.69 bits per heavy atom. The minimum absolute atomic E-state index is 0.0942. The van der Waals surface area contributed by atoms with Crippen molar-refractivity contribution in [1.82, 2.24) is 4.98 Å². The zero-order chi connectivity index (χ0) is 9.84. The van der Waals surface area contributed by atoms with E-state index in [9.17, 15) is 0 Å². The molecule has 0 spiro atoms. The van der Waals surface area contributed by atoms with Crippen LogP contribution in [0.25, 0.3) is 0 Å². The molecule has 0 saturated heterocycles. The van der Waals surface area contributed by atoms with Crippen molar-refractivity contribution in [3.8, 4) is 0 Å². The Labute approximate surface area is 81.3 Å². The SMILES string of the molecule is CCc1nc(COC)sc1C(=N)N. The van der Waals surface area contributed by atoms with Crippen LogP contribution in [0.3, 0.4) is 0 Å². The quantitative estimate of drug-likeness (QED) is 0.564. The molecule has 0 atom stereocenters. The number of nitrogens with one attached hydrogen (secondary N) is 1. The highest BCUT2D eigenvalue weighted by atomic mass is 32.1. The van der Waals surface area contributed by atoms with E-state index < -0.39 is 0 Å². The first-order chi connectivity index (χ1) is 6.19. The monoisotopic (exact) mass is 199 g/mol. The van der Waals surface area contributed by atoms with Gasteiger partial charge in [0.05, 0.1) is 17.2 Å². The third kappa shape index (κ3) is 2.26. The molecule has 0 aliphatic carbocycles. The maximum atomic E-state index is 7.33. The fourth-order valence-corrected chi connectivity index (χ4v) is 2.02. The topological polar surface area (TPSA) is 72.0 Å². The van der Waals surface area contributed by atoms with E-state index in [0.717, 1.165) is 22.0 Å². The van der Waals surface area contributed by atoms with E-state index >= 15 is 0 Å². The molecule has 1 aromatic heterocycles. The highest BCUT2D eigenvalue weighted by Crippen LogP contribution is 2.19. The minimum Gasteiger partial charge on any atom is -0.383 e. The largest absolute Gasteiger partial charge is 0.383 e. The lowest BCUT2D eigenvalue weighted by molar-refractivity contribution is 0.184. The molecular weight excluding hydrogens is 186 g/mol. The van der Waals surface area contributed by atoms with Crippen molar-refractivity contribution in [2.45, 2.75) is 20.0 Å². The number of rotatable bonds is 4. The van der Waals surface area contributed by atoms with Crippen molar-refractivity contribution in [1.29, 1.82) is 5.41 Å². The summed E-state index contributed by atoms with van der Waals surface area (Å²) in [5, 5.41) is 8.21. The first-order valence-electron chi connectivity index (χ1n) is 4.01. The number of ether oxygens (including phenoxy) is 1. The summed E-state index contributed by atoms with van der Waals surface area (Å²) in [6, 6.07) is 0. The summed E-state index contributed by atoms with van der Waals surface area (Å²) in [4.78, 5) is 5.09. The fraction of sp³-hybridized carbons (Fsp3) is 0.500. The standard InChI is InChI=1S/C8H13N3OS/c1-3-5-7(8(9)10)13-6(11-5)4-12-2/h3-4H2,1-2H3,(H3,9,10). The number of aryl methyl sites for hydroxylation is 1. The molecule has 1 rings (SSSR count). The van der Waals surface area contributed by atoms with Crippen molar-refractivity contribution >= 4 is 17.2 Å². The highest BCUT2D eigenvalue weighted by molar-refractivity contribution is 7.13. The Hall–Kier alpha value is -0.940. The average molecular weight is 199 g/mol. The number of hydrogen-bond donors (Lipinski definition) is 2. The van der Waals surface area contributed by atoms with Gasteiger partial charge in [0.15, 0.2) is 0 Å². The van der Waals surface area contributed by atoms with Crippen LogP contribution in [0, 0.1) is 5.41 Å². The summed E-state index contributed by atoms with van der Waals surface area (Å²) >= 11 is 1.43. The van der Waals surface area contributed by atoms with Crippen molar-refractivity contribution in [2.75, 3.05) is 7.11 Å². The zero-order valence-corrected chi connectivity index (χ0v) is 8.57. The fourth-order valence-electron chi connectivity index (χ4n) is 1.04. The molecule has 5 heteroatoms. The molecule has 0 bridgehead atoms. The minimum atomic E-state index is 0.0942. The summed E-state index contributed by atoms with van der Waals surface area (Å²) in [7, 11) is 1.63. The molecule has 4 nitrogen and oxygen atoms in total. The number of hydrogen-bond acceptors (Lipinski definition) is 4.